The van der Waals surface area contributed by atoms with Crippen molar-refractivity contribution in [2.75, 3.05) is 26.3 Å². The summed E-state index contributed by atoms with van der Waals surface area (Å²) in [5.74, 6) is -0.257. The van der Waals surface area contributed by atoms with Crippen LogP contribution in [-0.4, -0.2) is 78.9 Å². The number of ketones is 1. The number of hydrogen-bond donors (Lipinski definition) is 0. The molecule has 2 aromatic heterocycles. The van der Waals surface area contributed by atoms with Crippen molar-refractivity contribution in [2.24, 2.45) is 0 Å². The Morgan fingerprint density at radius 3 is 2.15 bits per heavy atom. The number of rotatable bonds is 14. The molecule has 0 spiro atoms. The maximum atomic E-state index is 14.0. The third-order valence-corrected chi connectivity index (χ3v) is 12.4. The molecule has 3 heterocycles. The van der Waals surface area contributed by atoms with Gasteiger partial charge in [-0.1, -0.05) is 69.6 Å². The molecule has 0 N–H and O–H groups in total. The number of halogens is 3. The van der Waals surface area contributed by atoms with Crippen LogP contribution in [0.4, 0.5) is 18.0 Å². The first-order valence-electron chi connectivity index (χ1n) is 18.3. The van der Waals surface area contributed by atoms with Crippen LogP contribution in [0.25, 0.3) is 28.1 Å². The largest absolute Gasteiger partial charge is 0.444 e. The van der Waals surface area contributed by atoms with Gasteiger partial charge in [0.25, 0.3) is 0 Å². The topological polar surface area (TPSA) is 87.8 Å². The zero-order valence-corrected chi connectivity index (χ0v) is 34.9. The van der Waals surface area contributed by atoms with Crippen LogP contribution in [0, 0.1) is 0 Å². The highest BCUT2D eigenvalue weighted by Crippen LogP contribution is 2.35. The lowest BCUT2D eigenvalue weighted by molar-refractivity contribution is -0.137. The average molecular weight is 783 g/mol. The van der Waals surface area contributed by atoms with Gasteiger partial charge >= 0.3 is 12.3 Å². The van der Waals surface area contributed by atoms with Gasteiger partial charge in [-0.15, -0.1) is 0 Å². The van der Waals surface area contributed by atoms with E-state index in [1.54, 1.807) is 21.7 Å². The lowest BCUT2D eigenvalue weighted by atomic mass is 9.99. The molecule has 5 rings (SSSR count). The Hall–Kier alpha value is -3.99. The van der Waals surface area contributed by atoms with Gasteiger partial charge in [-0.2, -0.15) is 13.2 Å². The van der Waals surface area contributed by atoms with E-state index in [4.69, 9.17) is 19.2 Å². The van der Waals surface area contributed by atoms with Crippen LogP contribution in [0.15, 0.2) is 60.8 Å². The second kappa shape index (κ2) is 16.0. The first kappa shape index (κ1) is 41.2. The first-order valence-corrected chi connectivity index (χ1v) is 25.8. The lowest BCUT2D eigenvalue weighted by Gasteiger charge is -2.24. The van der Waals surface area contributed by atoms with Gasteiger partial charge in [-0.25, -0.2) is 9.78 Å². The molecule has 0 saturated heterocycles. The molecule has 0 aliphatic carbocycles. The molecule has 1 aliphatic rings. The van der Waals surface area contributed by atoms with Gasteiger partial charge in [0.05, 0.1) is 22.3 Å². The second-order valence-electron chi connectivity index (χ2n) is 17.3. The number of imidazole rings is 1. The molecular weight excluding hydrogens is 730 g/mol. The van der Waals surface area contributed by atoms with E-state index in [0.29, 0.717) is 43.3 Å². The number of hydrogen-bond acceptors (Lipinski definition) is 6. The molecule has 1 amide bonds. The predicted molar refractivity (Wildman–Crippen MR) is 212 cm³/mol. The molecule has 4 aromatic rings. The number of nitrogens with zero attached hydrogens (tertiary/aromatic N) is 4. The summed E-state index contributed by atoms with van der Waals surface area (Å²) in [5, 5.41) is 0. The third kappa shape index (κ3) is 10.6. The maximum Gasteiger partial charge on any atom is 0.417 e. The SMILES string of the molecule is CC(C)(C)OC(=O)N1CC=C(c2ccc3nc(-c4cc(C(=O)c5ccccc5C(F)(F)F)cn4COCC[Si](C)(C)C)n(COCC[Si](C)(C)C)c3c2)C1. The molecule has 54 heavy (non-hydrogen) atoms. The van der Waals surface area contributed by atoms with Crippen molar-refractivity contribution >= 4 is 44.6 Å². The quantitative estimate of drug-likeness (QED) is 0.0719. The average Bonchev–Trinajstić information content (AvgIpc) is 3.80. The van der Waals surface area contributed by atoms with Crippen molar-refractivity contribution in [3.8, 4) is 11.5 Å². The standard InChI is InChI=1S/C40H53F3N4O5Si2/c1-39(2,3)52-38(49)45-17-16-29(24-45)28-14-15-33-34(22-28)47(27-51-19-21-54(7,8)9)37(44-33)35-23-30(25-46(35)26-50-18-20-53(4,5)6)36(48)31-12-10-11-13-32(31)40(41,42)43/h10-16,22-23,25H,17-21,24,26-27H2,1-9H3. The Morgan fingerprint density at radius 2 is 1.52 bits per heavy atom. The predicted octanol–water partition coefficient (Wildman–Crippen LogP) is 10.0. The van der Waals surface area contributed by atoms with Crippen LogP contribution in [0.5, 0.6) is 0 Å². The van der Waals surface area contributed by atoms with Crippen molar-refractivity contribution < 1.29 is 37.0 Å². The summed E-state index contributed by atoms with van der Waals surface area (Å²) in [7, 11) is -2.82. The third-order valence-electron chi connectivity index (χ3n) is 9.00. The Balaban J connectivity index is 1.57. The van der Waals surface area contributed by atoms with E-state index in [0.717, 1.165) is 34.8 Å². The van der Waals surface area contributed by atoms with Crippen LogP contribution < -0.4 is 0 Å². The van der Waals surface area contributed by atoms with Gasteiger partial charge in [-0.3, -0.25) is 9.36 Å². The van der Waals surface area contributed by atoms with E-state index < -0.39 is 44.8 Å². The summed E-state index contributed by atoms with van der Waals surface area (Å²) in [6, 6.07) is 14.2. The number of carbonyl (C=O) groups is 2. The zero-order valence-electron chi connectivity index (χ0n) is 32.9. The summed E-state index contributed by atoms with van der Waals surface area (Å²) >= 11 is 0. The van der Waals surface area contributed by atoms with Gasteiger partial charge in [0.15, 0.2) is 11.6 Å². The number of fused-ring (bicyclic) bond motifs is 1. The van der Waals surface area contributed by atoms with E-state index >= 15 is 0 Å². The summed E-state index contributed by atoms with van der Waals surface area (Å²) in [6.45, 7) is 21.2. The second-order valence-corrected chi connectivity index (χ2v) is 28.6. The highest BCUT2D eigenvalue weighted by atomic mass is 28.3. The maximum absolute atomic E-state index is 14.0. The molecule has 0 bridgehead atoms. The fraction of sp³-hybridized carbons (Fsp3) is 0.475. The summed E-state index contributed by atoms with van der Waals surface area (Å²) < 4.78 is 63.7. The van der Waals surface area contributed by atoms with Crippen LogP contribution >= 0.6 is 0 Å². The Bertz CT molecular complexity index is 2020. The summed E-state index contributed by atoms with van der Waals surface area (Å²) in [5.41, 5.74) is 1.90. The van der Waals surface area contributed by atoms with Crippen molar-refractivity contribution in [3.63, 3.8) is 0 Å². The molecule has 0 fully saturated rings. The van der Waals surface area contributed by atoms with Crippen molar-refractivity contribution in [1.82, 2.24) is 19.0 Å². The molecule has 0 atom stereocenters. The smallest absolute Gasteiger partial charge is 0.417 e. The lowest BCUT2D eigenvalue weighted by Crippen LogP contribution is -2.35. The number of benzene rings is 2. The minimum atomic E-state index is -4.70. The van der Waals surface area contributed by atoms with Crippen molar-refractivity contribution in [1.29, 1.82) is 0 Å². The van der Waals surface area contributed by atoms with Gasteiger partial charge in [0.2, 0.25) is 0 Å². The number of aromatic nitrogens is 3. The van der Waals surface area contributed by atoms with Crippen molar-refractivity contribution in [3.05, 3.63) is 83.1 Å². The van der Waals surface area contributed by atoms with Gasteiger partial charge in [0.1, 0.15) is 19.1 Å². The Morgan fingerprint density at radius 1 is 0.870 bits per heavy atom. The van der Waals surface area contributed by atoms with Crippen LogP contribution in [0.1, 0.15) is 47.8 Å². The molecule has 0 saturated carbocycles. The fourth-order valence-electron chi connectivity index (χ4n) is 5.97. The molecule has 292 valence electrons. The zero-order chi connectivity index (χ0) is 39.6. The number of alkyl halides is 3. The molecule has 0 radical (unpaired) electrons. The molecule has 9 nitrogen and oxygen atoms in total. The monoisotopic (exact) mass is 782 g/mol. The molecule has 14 heteroatoms. The van der Waals surface area contributed by atoms with E-state index in [1.165, 1.54) is 18.2 Å². The number of ether oxygens (including phenoxy) is 3. The van der Waals surface area contributed by atoms with Crippen LogP contribution in [-0.2, 0) is 33.8 Å². The van der Waals surface area contributed by atoms with Gasteiger partial charge in [0, 0.05) is 59.8 Å². The molecule has 2 aromatic carbocycles. The minimum absolute atomic E-state index is 0.0757. The van der Waals surface area contributed by atoms with Gasteiger partial charge < -0.3 is 23.7 Å². The van der Waals surface area contributed by atoms with E-state index in [9.17, 15) is 22.8 Å². The highest BCUT2D eigenvalue weighted by molar-refractivity contribution is 6.76. The summed E-state index contributed by atoms with van der Waals surface area (Å²) in [6.07, 6.45) is -1.52. The van der Waals surface area contributed by atoms with E-state index in [-0.39, 0.29) is 25.1 Å². The normalized spacial score (nSPS) is 14.2. The van der Waals surface area contributed by atoms with Crippen LogP contribution in [0.2, 0.25) is 51.4 Å². The number of amides is 1. The number of carbonyl (C=O) groups excluding carboxylic acids is 2. The minimum Gasteiger partial charge on any atom is -0.444 e. The van der Waals surface area contributed by atoms with Gasteiger partial charge in [-0.05, 0) is 68.3 Å². The Kier molecular flexibility index (Phi) is 12.2. The van der Waals surface area contributed by atoms with Crippen LogP contribution in [0.3, 0.4) is 0 Å². The molecular formula is C40H53F3N4O5Si2. The summed E-state index contributed by atoms with van der Waals surface area (Å²) in [4.78, 5) is 33.3. The molecule has 1 aliphatic heterocycles. The highest BCUT2D eigenvalue weighted by Gasteiger charge is 2.35. The van der Waals surface area contributed by atoms with E-state index in [1.807, 2.05) is 49.6 Å². The molecule has 0 unspecified atom stereocenters. The van der Waals surface area contributed by atoms with Crippen molar-refractivity contribution in [2.45, 2.75) is 97.4 Å². The Labute approximate surface area is 318 Å². The fourth-order valence-corrected chi connectivity index (χ4v) is 7.48. The van der Waals surface area contributed by atoms with E-state index in [2.05, 4.69) is 39.3 Å². The first-order chi connectivity index (χ1) is 25.1.